The lowest BCUT2D eigenvalue weighted by molar-refractivity contribution is -0.147. The molecule has 0 saturated carbocycles. The van der Waals surface area contributed by atoms with Crippen molar-refractivity contribution in [1.82, 2.24) is 0 Å². The maximum absolute atomic E-state index is 11.7. The van der Waals surface area contributed by atoms with Gasteiger partial charge in [0, 0.05) is 10.6 Å². The number of ether oxygens (including phenoxy) is 2. The molecule has 0 spiro atoms. The average Bonchev–Trinajstić information content (AvgIpc) is 2.42. The third kappa shape index (κ3) is 4.10. The smallest absolute Gasteiger partial charge is 0.334 e. The summed E-state index contributed by atoms with van der Waals surface area (Å²) in [6.45, 7) is 3.61. The summed E-state index contributed by atoms with van der Waals surface area (Å²) in [5.41, 5.74) is 0.877. The number of hydrogen-bond donors (Lipinski definition) is 0. The van der Waals surface area contributed by atoms with Gasteiger partial charge in [-0.05, 0) is 24.1 Å². The molecule has 0 bridgehead atoms. The van der Waals surface area contributed by atoms with Crippen LogP contribution in [0, 0.1) is 5.92 Å². The SMILES string of the molecule is C=C(C(=O)OC)C(Cc1cccc(Cl)c1)C(=O)OC. The molecule has 102 valence electrons. The second-order valence-electron chi connectivity index (χ2n) is 3.93. The normalized spacial score (nSPS) is 11.5. The van der Waals surface area contributed by atoms with Crippen LogP contribution in [0.4, 0.5) is 0 Å². The van der Waals surface area contributed by atoms with Gasteiger partial charge >= 0.3 is 11.9 Å². The summed E-state index contributed by atoms with van der Waals surface area (Å²) in [5.74, 6) is -1.94. The molecule has 0 aliphatic rings. The molecule has 0 aromatic heterocycles. The van der Waals surface area contributed by atoms with E-state index < -0.39 is 17.9 Å². The number of hydrogen-bond acceptors (Lipinski definition) is 4. The number of esters is 2. The van der Waals surface area contributed by atoms with E-state index in [0.29, 0.717) is 5.02 Å². The summed E-state index contributed by atoms with van der Waals surface area (Å²) >= 11 is 5.88. The van der Waals surface area contributed by atoms with E-state index in [1.807, 2.05) is 6.07 Å². The molecule has 0 fully saturated rings. The van der Waals surface area contributed by atoms with E-state index in [0.717, 1.165) is 5.56 Å². The lowest BCUT2D eigenvalue weighted by Crippen LogP contribution is -2.25. The second kappa shape index (κ2) is 6.95. The molecule has 0 heterocycles. The van der Waals surface area contributed by atoms with Gasteiger partial charge in [-0.15, -0.1) is 0 Å². The Bertz CT molecular complexity index is 496. The van der Waals surface area contributed by atoms with Gasteiger partial charge in [0.1, 0.15) is 0 Å². The molecule has 0 radical (unpaired) electrons. The molecule has 5 heteroatoms. The minimum Gasteiger partial charge on any atom is -0.469 e. The second-order valence-corrected chi connectivity index (χ2v) is 4.36. The van der Waals surface area contributed by atoms with Crippen LogP contribution >= 0.6 is 11.6 Å². The molecule has 1 atom stereocenters. The van der Waals surface area contributed by atoms with Crippen molar-refractivity contribution >= 4 is 23.5 Å². The molecule has 0 N–H and O–H groups in total. The zero-order valence-corrected chi connectivity index (χ0v) is 11.6. The number of benzene rings is 1. The van der Waals surface area contributed by atoms with E-state index in [4.69, 9.17) is 16.3 Å². The molecule has 1 aromatic rings. The Morgan fingerprint density at radius 3 is 2.53 bits per heavy atom. The van der Waals surface area contributed by atoms with Gasteiger partial charge in [-0.3, -0.25) is 4.79 Å². The highest BCUT2D eigenvalue weighted by atomic mass is 35.5. The van der Waals surface area contributed by atoms with Crippen molar-refractivity contribution in [2.45, 2.75) is 6.42 Å². The van der Waals surface area contributed by atoms with Crippen molar-refractivity contribution in [3.05, 3.63) is 47.0 Å². The Morgan fingerprint density at radius 1 is 1.32 bits per heavy atom. The monoisotopic (exact) mass is 282 g/mol. The van der Waals surface area contributed by atoms with E-state index >= 15 is 0 Å². The van der Waals surface area contributed by atoms with Crippen molar-refractivity contribution in [3.63, 3.8) is 0 Å². The lowest BCUT2D eigenvalue weighted by atomic mass is 9.92. The van der Waals surface area contributed by atoms with Crippen LogP contribution in [0.1, 0.15) is 5.56 Å². The zero-order valence-electron chi connectivity index (χ0n) is 10.8. The van der Waals surface area contributed by atoms with Crippen LogP contribution in [0.5, 0.6) is 0 Å². The van der Waals surface area contributed by atoms with Gasteiger partial charge in [0.25, 0.3) is 0 Å². The highest BCUT2D eigenvalue weighted by Crippen LogP contribution is 2.21. The maximum atomic E-state index is 11.7. The van der Waals surface area contributed by atoms with Gasteiger partial charge in [0.15, 0.2) is 0 Å². The Hall–Kier alpha value is -1.81. The summed E-state index contributed by atoms with van der Waals surface area (Å²) in [5, 5.41) is 0.560. The largest absolute Gasteiger partial charge is 0.469 e. The maximum Gasteiger partial charge on any atom is 0.334 e. The summed E-state index contributed by atoms with van der Waals surface area (Å²) in [6.07, 6.45) is 0.279. The predicted octanol–water partition coefficient (Wildman–Crippen LogP) is 2.40. The first-order valence-electron chi connectivity index (χ1n) is 5.59. The number of halogens is 1. The number of carbonyl (C=O) groups is 2. The van der Waals surface area contributed by atoms with Crippen LogP contribution in [0.2, 0.25) is 5.02 Å². The fourth-order valence-corrected chi connectivity index (χ4v) is 1.88. The van der Waals surface area contributed by atoms with Crippen LogP contribution in [-0.4, -0.2) is 26.2 Å². The lowest BCUT2D eigenvalue weighted by Gasteiger charge is -2.15. The predicted molar refractivity (Wildman–Crippen MR) is 71.8 cm³/mol. The van der Waals surface area contributed by atoms with Crippen molar-refractivity contribution in [3.8, 4) is 0 Å². The molecule has 1 unspecified atom stereocenters. The summed E-state index contributed by atoms with van der Waals surface area (Å²) in [4.78, 5) is 23.2. The van der Waals surface area contributed by atoms with Gasteiger partial charge in [-0.1, -0.05) is 30.3 Å². The molecule has 1 rings (SSSR count). The molecule has 0 amide bonds. The fourth-order valence-electron chi connectivity index (χ4n) is 1.66. The van der Waals surface area contributed by atoms with Crippen LogP contribution in [-0.2, 0) is 25.5 Å². The van der Waals surface area contributed by atoms with Gasteiger partial charge in [-0.2, -0.15) is 0 Å². The Morgan fingerprint density at radius 2 is 2.00 bits per heavy atom. The average molecular weight is 283 g/mol. The molecule has 0 aliphatic heterocycles. The molecule has 4 nitrogen and oxygen atoms in total. The first kappa shape index (κ1) is 15.2. The standard InChI is InChI=1S/C14H15ClO4/c1-9(13(16)18-2)12(14(17)19-3)8-10-5-4-6-11(15)7-10/h4-7,12H,1,8H2,2-3H3. The molecular formula is C14H15ClO4. The molecule has 0 aliphatic carbocycles. The van der Waals surface area contributed by atoms with Crippen molar-refractivity contribution in [1.29, 1.82) is 0 Å². The highest BCUT2D eigenvalue weighted by molar-refractivity contribution is 6.30. The van der Waals surface area contributed by atoms with Crippen LogP contribution in [0.15, 0.2) is 36.4 Å². The Labute approximate surface area is 117 Å². The summed E-state index contributed by atoms with van der Waals surface area (Å²) in [7, 11) is 2.50. The number of carbonyl (C=O) groups excluding carboxylic acids is 2. The van der Waals surface area contributed by atoms with Crippen LogP contribution in [0.25, 0.3) is 0 Å². The molecular weight excluding hydrogens is 268 g/mol. The minimum absolute atomic E-state index is 0.0642. The fraction of sp³-hybridized carbons (Fsp3) is 0.286. The van der Waals surface area contributed by atoms with E-state index in [9.17, 15) is 9.59 Å². The van der Waals surface area contributed by atoms with Crippen molar-refractivity contribution in [2.24, 2.45) is 5.92 Å². The minimum atomic E-state index is -0.782. The van der Waals surface area contributed by atoms with Gasteiger partial charge < -0.3 is 9.47 Å². The topological polar surface area (TPSA) is 52.6 Å². The van der Waals surface area contributed by atoms with Crippen LogP contribution in [0.3, 0.4) is 0 Å². The number of methoxy groups -OCH3 is 2. The quantitative estimate of drug-likeness (QED) is 0.615. The zero-order chi connectivity index (χ0) is 14.4. The van der Waals surface area contributed by atoms with E-state index in [1.165, 1.54) is 14.2 Å². The Balaban J connectivity index is 2.96. The third-order valence-electron chi connectivity index (χ3n) is 2.68. The molecule has 1 aromatic carbocycles. The van der Waals surface area contributed by atoms with E-state index in [2.05, 4.69) is 11.3 Å². The summed E-state index contributed by atoms with van der Waals surface area (Å²) < 4.78 is 9.27. The van der Waals surface area contributed by atoms with Gasteiger partial charge in [-0.25, -0.2) is 4.79 Å². The molecule has 0 saturated heterocycles. The molecule has 19 heavy (non-hydrogen) atoms. The van der Waals surface area contributed by atoms with Crippen molar-refractivity contribution in [2.75, 3.05) is 14.2 Å². The van der Waals surface area contributed by atoms with Crippen LogP contribution < -0.4 is 0 Å². The first-order chi connectivity index (χ1) is 8.99. The number of rotatable bonds is 5. The van der Waals surface area contributed by atoms with Crippen molar-refractivity contribution < 1.29 is 19.1 Å². The van der Waals surface area contributed by atoms with E-state index in [1.54, 1.807) is 18.2 Å². The summed E-state index contributed by atoms with van der Waals surface area (Å²) in [6, 6.07) is 7.04. The Kier molecular flexibility index (Phi) is 5.57. The first-order valence-corrected chi connectivity index (χ1v) is 5.96. The highest BCUT2D eigenvalue weighted by Gasteiger charge is 2.27. The third-order valence-corrected chi connectivity index (χ3v) is 2.92. The van der Waals surface area contributed by atoms with E-state index in [-0.39, 0.29) is 12.0 Å². The van der Waals surface area contributed by atoms with Gasteiger partial charge in [0.2, 0.25) is 0 Å². The van der Waals surface area contributed by atoms with Gasteiger partial charge in [0.05, 0.1) is 20.1 Å².